The number of aryl methyl sites for hydroxylation is 1. The summed E-state index contributed by atoms with van der Waals surface area (Å²) in [6.07, 6.45) is 5.57. The molecule has 17 heavy (non-hydrogen) atoms. The van der Waals surface area contributed by atoms with E-state index in [0.717, 1.165) is 24.8 Å². The van der Waals surface area contributed by atoms with Crippen LogP contribution in [0.3, 0.4) is 0 Å². The number of fused-ring (bicyclic) bond motifs is 1. The van der Waals surface area contributed by atoms with Crippen molar-refractivity contribution < 1.29 is 10.2 Å². The van der Waals surface area contributed by atoms with Crippen LogP contribution < -0.4 is 0 Å². The van der Waals surface area contributed by atoms with Crippen molar-refractivity contribution in [2.45, 2.75) is 44.9 Å². The molecule has 0 saturated carbocycles. The zero-order valence-corrected chi connectivity index (χ0v) is 10.9. The molecule has 0 radical (unpaired) electrons. The van der Waals surface area contributed by atoms with E-state index in [2.05, 4.69) is 0 Å². The summed E-state index contributed by atoms with van der Waals surface area (Å²) in [4.78, 5) is 0. The second-order valence-electron chi connectivity index (χ2n) is 4.90. The van der Waals surface area contributed by atoms with Crippen LogP contribution in [0.5, 0.6) is 5.75 Å². The van der Waals surface area contributed by atoms with Gasteiger partial charge in [-0.15, -0.1) is 0 Å². The molecule has 1 aromatic rings. The van der Waals surface area contributed by atoms with Crippen molar-refractivity contribution >= 4 is 11.6 Å². The first kappa shape index (κ1) is 12.7. The summed E-state index contributed by atoms with van der Waals surface area (Å²) in [6.45, 7) is 1.97. The molecular weight excluding hydrogens is 236 g/mol. The molecular formula is C14H19ClO2. The van der Waals surface area contributed by atoms with Crippen molar-refractivity contribution in [2.75, 3.05) is 6.61 Å². The van der Waals surface area contributed by atoms with Crippen LogP contribution in [0.25, 0.3) is 0 Å². The van der Waals surface area contributed by atoms with Gasteiger partial charge < -0.3 is 10.2 Å². The Hall–Kier alpha value is -0.730. The average molecular weight is 255 g/mol. The van der Waals surface area contributed by atoms with Gasteiger partial charge in [0.05, 0.1) is 5.02 Å². The summed E-state index contributed by atoms with van der Waals surface area (Å²) < 4.78 is 0. The number of aromatic hydroxyl groups is 1. The summed E-state index contributed by atoms with van der Waals surface area (Å²) in [6, 6.07) is 1.89. The Labute approximate surface area is 107 Å². The second kappa shape index (κ2) is 5.28. The molecule has 3 heteroatoms. The predicted octanol–water partition coefficient (Wildman–Crippen LogP) is 3.41. The normalized spacial score (nSPS) is 17.4. The van der Waals surface area contributed by atoms with E-state index in [1.54, 1.807) is 0 Å². The molecule has 2 N–H and O–H groups in total. The van der Waals surface area contributed by atoms with E-state index in [4.69, 9.17) is 11.6 Å². The van der Waals surface area contributed by atoms with Gasteiger partial charge in [0, 0.05) is 18.1 Å². The van der Waals surface area contributed by atoms with Gasteiger partial charge in [0.25, 0.3) is 0 Å². The van der Waals surface area contributed by atoms with Crippen molar-refractivity contribution in [1.29, 1.82) is 0 Å². The number of phenols is 1. The topological polar surface area (TPSA) is 40.5 Å². The minimum Gasteiger partial charge on any atom is -0.506 e. The van der Waals surface area contributed by atoms with Gasteiger partial charge >= 0.3 is 0 Å². The lowest BCUT2D eigenvalue weighted by molar-refractivity contribution is 0.269. The number of hydrogen-bond donors (Lipinski definition) is 2. The predicted molar refractivity (Wildman–Crippen MR) is 69.9 cm³/mol. The Balaban J connectivity index is 2.57. The van der Waals surface area contributed by atoms with Crippen molar-refractivity contribution in [3.05, 3.63) is 27.8 Å². The Morgan fingerprint density at radius 2 is 2.00 bits per heavy atom. The molecule has 0 spiro atoms. The van der Waals surface area contributed by atoms with Gasteiger partial charge in [0.15, 0.2) is 0 Å². The summed E-state index contributed by atoms with van der Waals surface area (Å²) in [5.74, 6) is 0.106. The van der Waals surface area contributed by atoms with E-state index in [1.807, 2.05) is 13.0 Å². The third kappa shape index (κ3) is 2.43. The lowest BCUT2D eigenvalue weighted by Gasteiger charge is -2.19. The molecule has 1 aliphatic rings. The van der Waals surface area contributed by atoms with Gasteiger partial charge in [-0.2, -0.15) is 0 Å². The lowest BCUT2D eigenvalue weighted by Crippen LogP contribution is -2.06. The number of aliphatic hydroxyl groups is 1. The molecule has 0 aromatic heterocycles. The van der Waals surface area contributed by atoms with Crippen LogP contribution in [-0.4, -0.2) is 16.8 Å². The van der Waals surface area contributed by atoms with Gasteiger partial charge in [0.1, 0.15) is 5.75 Å². The summed E-state index contributed by atoms with van der Waals surface area (Å²) >= 11 is 6.07. The average Bonchev–Trinajstić information content (AvgIpc) is 2.55. The van der Waals surface area contributed by atoms with E-state index in [-0.39, 0.29) is 18.3 Å². The Kier molecular flexibility index (Phi) is 3.95. The number of hydrogen-bond acceptors (Lipinski definition) is 2. The summed E-state index contributed by atoms with van der Waals surface area (Å²) in [7, 11) is 0. The van der Waals surface area contributed by atoms with Crippen LogP contribution >= 0.6 is 11.6 Å². The van der Waals surface area contributed by atoms with E-state index in [1.165, 1.54) is 24.0 Å². The molecule has 2 rings (SSSR count). The van der Waals surface area contributed by atoms with Gasteiger partial charge in [-0.1, -0.05) is 24.9 Å². The standard InChI is InChI=1S/C14H19ClO2/c1-9(8-16)13-11-6-4-2-3-5-10(11)7-12(15)14(13)17/h7,9,16-17H,2-6,8H2,1H3. The maximum Gasteiger partial charge on any atom is 0.138 e. The number of aliphatic hydroxyl groups excluding tert-OH is 1. The van der Waals surface area contributed by atoms with Crippen LogP contribution in [-0.2, 0) is 12.8 Å². The van der Waals surface area contributed by atoms with Crippen LogP contribution in [0.2, 0.25) is 5.02 Å². The highest BCUT2D eigenvalue weighted by Gasteiger charge is 2.21. The van der Waals surface area contributed by atoms with Crippen molar-refractivity contribution in [1.82, 2.24) is 0 Å². The van der Waals surface area contributed by atoms with Crippen LogP contribution in [0.15, 0.2) is 6.07 Å². The molecule has 1 aromatic carbocycles. The zero-order chi connectivity index (χ0) is 12.4. The fourth-order valence-electron chi connectivity index (χ4n) is 2.69. The first-order valence-corrected chi connectivity index (χ1v) is 6.67. The molecule has 1 atom stereocenters. The van der Waals surface area contributed by atoms with Gasteiger partial charge in [-0.3, -0.25) is 0 Å². The minimum atomic E-state index is -0.0550. The Morgan fingerprint density at radius 1 is 1.29 bits per heavy atom. The monoisotopic (exact) mass is 254 g/mol. The summed E-state index contributed by atoms with van der Waals surface area (Å²) in [5, 5.41) is 19.8. The highest BCUT2D eigenvalue weighted by molar-refractivity contribution is 6.32. The van der Waals surface area contributed by atoms with Gasteiger partial charge in [-0.05, 0) is 42.9 Å². The number of phenolic OH excluding ortho intramolecular Hbond substituents is 1. The van der Waals surface area contributed by atoms with Crippen LogP contribution in [0.1, 0.15) is 48.8 Å². The molecule has 0 bridgehead atoms. The van der Waals surface area contributed by atoms with Gasteiger partial charge in [-0.25, -0.2) is 0 Å². The molecule has 0 saturated heterocycles. The smallest absolute Gasteiger partial charge is 0.138 e. The minimum absolute atomic E-state index is 0.0420. The summed E-state index contributed by atoms with van der Waals surface area (Å²) in [5.41, 5.74) is 3.32. The fourth-order valence-corrected chi connectivity index (χ4v) is 2.92. The highest BCUT2D eigenvalue weighted by Crippen LogP contribution is 2.39. The maximum atomic E-state index is 10.1. The number of halogens is 1. The maximum absolute atomic E-state index is 10.1. The SMILES string of the molecule is CC(CO)c1c(O)c(Cl)cc2c1CCCCC2. The van der Waals surface area contributed by atoms with E-state index in [0.29, 0.717) is 5.02 Å². The largest absolute Gasteiger partial charge is 0.506 e. The number of benzene rings is 1. The molecule has 2 nitrogen and oxygen atoms in total. The van der Waals surface area contributed by atoms with Crippen LogP contribution in [0.4, 0.5) is 0 Å². The first-order valence-electron chi connectivity index (χ1n) is 6.29. The van der Waals surface area contributed by atoms with E-state index in [9.17, 15) is 10.2 Å². The molecule has 1 unspecified atom stereocenters. The molecule has 0 amide bonds. The quantitative estimate of drug-likeness (QED) is 0.794. The Bertz CT molecular complexity index is 415. The molecule has 0 heterocycles. The van der Waals surface area contributed by atoms with E-state index >= 15 is 0 Å². The lowest BCUT2D eigenvalue weighted by atomic mass is 9.89. The first-order chi connectivity index (χ1) is 8.15. The third-order valence-electron chi connectivity index (χ3n) is 3.63. The third-order valence-corrected chi connectivity index (χ3v) is 3.92. The van der Waals surface area contributed by atoms with Crippen LogP contribution in [0, 0.1) is 0 Å². The van der Waals surface area contributed by atoms with Crippen molar-refractivity contribution in [3.8, 4) is 5.75 Å². The molecule has 0 fully saturated rings. The molecule has 1 aliphatic carbocycles. The highest BCUT2D eigenvalue weighted by atomic mass is 35.5. The van der Waals surface area contributed by atoms with E-state index < -0.39 is 0 Å². The van der Waals surface area contributed by atoms with Crippen molar-refractivity contribution in [3.63, 3.8) is 0 Å². The second-order valence-corrected chi connectivity index (χ2v) is 5.31. The number of rotatable bonds is 2. The zero-order valence-electron chi connectivity index (χ0n) is 10.2. The van der Waals surface area contributed by atoms with Crippen molar-refractivity contribution in [2.24, 2.45) is 0 Å². The molecule has 94 valence electrons. The van der Waals surface area contributed by atoms with Gasteiger partial charge in [0.2, 0.25) is 0 Å². The molecule has 0 aliphatic heterocycles. The Morgan fingerprint density at radius 3 is 2.71 bits per heavy atom. The fraction of sp³-hybridized carbons (Fsp3) is 0.571.